The van der Waals surface area contributed by atoms with E-state index in [0.29, 0.717) is 18.9 Å². The molecule has 3 aromatic rings. The third-order valence-electron chi connectivity index (χ3n) is 4.48. The van der Waals surface area contributed by atoms with E-state index in [1.807, 2.05) is 55.6 Å². The summed E-state index contributed by atoms with van der Waals surface area (Å²) in [5, 5.41) is 8.28. The van der Waals surface area contributed by atoms with Gasteiger partial charge in [0.2, 0.25) is 0 Å². The van der Waals surface area contributed by atoms with Gasteiger partial charge in [0.1, 0.15) is 0 Å². The quantitative estimate of drug-likeness (QED) is 0.799. The molecule has 6 nitrogen and oxygen atoms in total. The SMILES string of the molecule is Cn1nc(C(=O)Nc2ccccc2N2CCOCC2)c2ccccc21. The standard InChI is InChI=1S/C19H20N4O2/c1-22-16-8-4-2-6-14(16)18(21-22)19(24)20-15-7-3-5-9-17(15)23-10-12-25-13-11-23/h2-9H,10-13H2,1H3,(H,20,24). The number of carbonyl (C=O) groups is 1. The van der Waals surface area contributed by atoms with Gasteiger partial charge in [-0.2, -0.15) is 5.10 Å². The van der Waals surface area contributed by atoms with Gasteiger partial charge in [-0.05, 0) is 18.2 Å². The number of aromatic nitrogens is 2. The number of fused-ring (bicyclic) bond motifs is 1. The van der Waals surface area contributed by atoms with E-state index in [2.05, 4.69) is 15.3 Å². The molecule has 1 N–H and O–H groups in total. The Morgan fingerprint density at radius 2 is 1.80 bits per heavy atom. The number of morpholine rings is 1. The van der Waals surface area contributed by atoms with Crippen molar-refractivity contribution in [1.82, 2.24) is 9.78 Å². The highest BCUT2D eigenvalue weighted by molar-refractivity contribution is 6.12. The lowest BCUT2D eigenvalue weighted by atomic mass is 10.2. The molecule has 0 spiro atoms. The molecule has 1 fully saturated rings. The van der Waals surface area contributed by atoms with Crippen LogP contribution in [0.5, 0.6) is 0 Å². The average molecular weight is 336 g/mol. The highest BCUT2D eigenvalue weighted by Crippen LogP contribution is 2.27. The van der Waals surface area contributed by atoms with Gasteiger partial charge in [-0.1, -0.05) is 30.3 Å². The lowest BCUT2D eigenvalue weighted by Crippen LogP contribution is -2.36. The smallest absolute Gasteiger partial charge is 0.276 e. The molecule has 1 saturated heterocycles. The van der Waals surface area contributed by atoms with E-state index in [0.717, 1.165) is 35.4 Å². The van der Waals surface area contributed by atoms with E-state index in [4.69, 9.17) is 4.74 Å². The van der Waals surface area contributed by atoms with Crippen molar-refractivity contribution in [1.29, 1.82) is 0 Å². The summed E-state index contributed by atoms with van der Waals surface area (Å²) in [4.78, 5) is 15.1. The first-order valence-electron chi connectivity index (χ1n) is 8.39. The molecule has 2 aromatic carbocycles. The van der Waals surface area contributed by atoms with Gasteiger partial charge in [-0.25, -0.2) is 0 Å². The summed E-state index contributed by atoms with van der Waals surface area (Å²) in [5.41, 5.74) is 3.19. The van der Waals surface area contributed by atoms with Crippen LogP contribution in [0.15, 0.2) is 48.5 Å². The van der Waals surface area contributed by atoms with Crippen LogP contribution in [0.25, 0.3) is 10.9 Å². The van der Waals surface area contributed by atoms with Gasteiger partial charge >= 0.3 is 0 Å². The van der Waals surface area contributed by atoms with Gasteiger partial charge in [0.15, 0.2) is 5.69 Å². The zero-order valence-electron chi connectivity index (χ0n) is 14.1. The molecule has 0 aliphatic carbocycles. The van der Waals surface area contributed by atoms with Crippen LogP contribution in [0, 0.1) is 0 Å². The van der Waals surface area contributed by atoms with Crippen molar-refractivity contribution in [3.8, 4) is 0 Å². The minimum atomic E-state index is -0.197. The maximum absolute atomic E-state index is 12.8. The second-order valence-electron chi connectivity index (χ2n) is 6.06. The molecule has 1 aromatic heterocycles. The molecule has 6 heteroatoms. The fourth-order valence-corrected chi connectivity index (χ4v) is 3.22. The van der Waals surface area contributed by atoms with E-state index in [-0.39, 0.29) is 5.91 Å². The van der Waals surface area contributed by atoms with Gasteiger partial charge in [0, 0.05) is 25.5 Å². The van der Waals surface area contributed by atoms with Crippen LogP contribution in [0.1, 0.15) is 10.5 Å². The van der Waals surface area contributed by atoms with Crippen molar-refractivity contribution in [2.45, 2.75) is 0 Å². The Morgan fingerprint density at radius 1 is 1.08 bits per heavy atom. The van der Waals surface area contributed by atoms with E-state index in [1.54, 1.807) is 4.68 Å². The van der Waals surface area contributed by atoms with Crippen molar-refractivity contribution in [3.05, 3.63) is 54.2 Å². The predicted octanol–water partition coefficient (Wildman–Crippen LogP) is 2.66. The van der Waals surface area contributed by atoms with Gasteiger partial charge in [-0.3, -0.25) is 9.48 Å². The Balaban J connectivity index is 1.65. The second-order valence-corrected chi connectivity index (χ2v) is 6.06. The number of aryl methyl sites for hydroxylation is 1. The van der Waals surface area contributed by atoms with Crippen LogP contribution < -0.4 is 10.2 Å². The summed E-state index contributed by atoms with van der Waals surface area (Å²) in [5.74, 6) is -0.197. The molecule has 0 bridgehead atoms. The van der Waals surface area contributed by atoms with E-state index in [1.165, 1.54) is 0 Å². The lowest BCUT2D eigenvalue weighted by molar-refractivity contribution is 0.102. The Hall–Kier alpha value is -2.86. The van der Waals surface area contributed by atoms with Crippen LogP contribution >= 0.6 is 0 Å². The number of anilines is 2. The molecule has 4 rings (SSSR count). The van der Waals surface area contributed by atoms with Crippen molar-refractivity contribution in [3.63, 3.8) is 0 Å². The second kappa shape index (κ2) is 6.57. The number of ether oxygens (including phenoxy) is 1. The Kier molecular flexibility index (Phi) is 4.11. The number of hydrogen-bond donors (Lipinski definition) is 1. The predicted molar refractivity (Wildman–Crippen MR) is 98.1 cm³/mol. The summed E-state index contributed by atoms with van der Waals surface area (Å²) in [6.45, 7) is 3.04. The topological polar surface area (TPSA) is 59.4 Å². The number of rotatable bonds is 3. The molecule has 0 unspecified atom stereocenters. The monoisotopic (exact) mass is 336 g/mol. The van der Waals surface area contributed by atoms with Crippen molar-refractivity contribution in [2.24, 2.45) is 7.05 Å². The number of benzene rings is 2. The van der Waals surface area contributed by atoms with Gasteiger partial charge in [-0.15, -0.1) is 0 Å². The number of nitrogens with one attached hydrogen (secondary N) is 1. The molecular weight excluding hydrogens is 316 g/mol. The maximum atomic E-state index is 12.8. The number of hydrogen-bond acceptors (Lipinski definition) is 4. The van der Waals surface area contributed by atoms with Crippen LogP contribution in [0.2, 0.25) is 0 Å². The van der Waals surface area contributed by atoms with E-state index >= 15 is 0 Å². The molecule has 1 amide bonds. The van der Waals surface area contributed by atoms with Crippen LogP contribution in [0.4, 0.5) is 11.4 Å². The molecule has 128 valence electrons. The molecular formula is C19H20N4O2. The van der Waals surface area contributed by atoms with Crippen LogP contribution in [0.3, 0.4) is 0 Å². The largest absolute Gasteiger partial charge is 0.378 e. The van der Waals surface area contributed by atoms with Crippen molar-refractivity contribution >= 4 is 28.2 Å². The zero-order chi connectivity index (χ0) is 17.2. The van der Waals surface area contributed by atoms with E-state index < -0.39 is 0 Å². The average Bonchev–Trinajstić information content (AvgIpc) is 3.00. The molecule has 0 saturated carbocycles. The number of para-hydroxylation sites is 3. The van der Waals surface area contributed by atoms with Crippen molar-refractivity contribution in [2.75, 3.05) is 36.5 Å². The highest BCUT2D eigenvalue weighted by atomic mass is 16.5. The molecule has 2 heterocycles. The summed E-state index contributed by atoms with van der Waals surface area (Å²) < 4.78 is 7.15. The molecule has 25 heavy (non-hydrogen) atoms. The highest BCUT2D eigenvalue weighted by Gasteiger charge is 2.19. The summed E-state index contributed by atoms with van der Waals surface area (Å²) in [7, 11) is 1.85. The minimum absolute atomic E-state index is 0.197. The summed E-state index contributed by atoms with van der Waals surface area (Å²) >= 11 is 0. The number of carbonyl (C=O) groups excluding carboxylic acids is 1. The zero-order valence-corrected chi connectivity index (χ0v) is 14.1. The third kappa shape index (κ3) is 2.96. The van der Waals surface area contributed by atoms with Crippen molar-refractivity contribution < 1.29 is 9.53 Å². The Labute approximate surface area is 146 Å². The number of nitrogens with zero attached hydrogens (tertiary/aromatic N) is 3. The van der Waals surface area contributed by atoms with Crippen LogP contribution in [-0.2, 0) is 11.8 Å². The van der Waals surface area contributed by atoms with E-state index in [9.17, 15) is 4.79 Å². The lowest BCUT2D eigenvalue weighted by Gasteiger charge is -2.30. The van der Waals surface area contributed by atoms with Gasteiger partial charge in [0.05, 0.1) is 30.1 Å². The fourth-order valence-electron chi connectivity index (χ4n) is 3.22. The van der Waals surface area contributed by atoms with Gasteiger partial charge < -0.3 is 15.0 Å². The summed E-state index contributed by atoms with van der Waals surface area (Å²) in [6.07, 6.45) is 0. The molecule has 0 atom stereocenters. The molecule has 1 aliphatic heterocycles. The maximum Gasteiger partial charge on any atom is 0.276 e. The third-order valence-corrected chi connectivity index (χ3v) is 4.48. The normalized spacial score (nSPS) is 14.7. The molecule has 1 aliphatic rings. The first kappa shape index (κ1) is 15.7. The summed E-state index contributed by atoms with van der Waals surface area (Å²) in [6, 6.07) is 15.6. The first-order valence-corrected chi connectivity index (χ1v) is 8.39. The fraction of sp³-hybridized carbons (Fsp3) is 0.263. The minimum Gasteiger partial charge on any atom is -0.378 e. The first-order chi connectivity index (χ1) is 12.2. The van der Waals surface area contributed by atoms with Crippen LogP contribution in [-0.4, -0.2) is 42.0 Å². The number of amides is 1. The van der Waals surface area contributed by atoms with Gasteiger partial charge in [0.25, 0.3) is 5.91 Å². The Bertz CT molecular complexity index is 913. The molecule has 0 radical (unpaired) electrons. The Morgan fingerprint density at radius 3 is 2.64 bits per heavy atom.